The molecule has 0 aromatic heterocycles. The lowest BCUT2D eigenvalue weighted by Gasteiger charge is -2.30. The molecule has 0 saturated heterocycles. The van der Waals surface area contributed by atoms with Gasteiger partial charge in [-0.25, -0.2) is 0 Å². The molecule has 100 valence electrons. The number of hydrogen-bond acceptors (Lipinski definition) is 2. The van der Waals surface area contributed by atoms with E-state index in [1.807, 2.05) is 0 Å². The van der Waals surface area contributed by atoms with Gasteiger partial charge in [-0.2, -0.15) is 0 Å². The Morgan fingerprint density at radius 2 is 1.71 bits per heavy atom. The second-order valence-electron chi connectivity index (χ2n) is 6.31. The predicted molar refractivity (Wildman–Crippen MR) is 74.3 cm³/mol. The molecule has 0 aromatic rings. The van der Waals surface area contributed by atoms with Gasteiger partial charge in [-0.3, -0.25) is 0 Å². The van der Waals surface area contributed by atoms with Crippen LogP contribution in [0.4, 0.5) is 0 Å². The van der Waals surface area contributed by atoms with Gasteiger partial charge in [0.05, 0.1) is 0 Å². The van der Waals surface area contributed by atoms with Crippen molar-refractivity contribution in [1.29, 1.82) is 0 Å². The van der Waals surface area contributed by atoms with Crippen LogP contribution in [0, 0.1) is 11.8 Å². The van der Waals surface area contributed by atoms with Crippen LogP contribution in [0.1, 0.15) is 51.4 Å². The summed E-state index contributed by atoms with van der Waals surface area (Å²) in [5, 5.41) is 3.50. The van der Waals surface area contributed by atoms with Crippen molar-refractivity contribution in [3.63, 3.8) is 0 Å². The van der Waals surface area contributed by atoms with Crippen LogP contribution in [0.25, 0.3) is 0 Å². The molecule has 0 aromatic carbocycles. The molecule has 2 rings (SSSR count). The highest BCUT2D eigenvalue weighted by Crippen LogP contribution is 2.28. The third-order valence-electron chi connectivity index (χ3n) is 4.87. The summed E-state index contributed by atoms with van der Waals surface area (Å²) < 4.78 is 0. The summed E-state index contributed by atoms with van der Waals surface area (Å²) >= 11 is 0. The lowest BCUT2D eigenvalue weighted by Crippen LogP contribution is -2.38. The van der Waals surface area contributed by atoms with Crippen LogP contribution in [0.15, 0.2) is 0 Å². The van der Waals surface area contributed by atoms with Crippen molar-refractivity contribution < 1.29 is 0 Å². The number of rotatable bonds is 5. The van der Waals surface area contributed by atoms with Crippen LogP contribution in [-0.2, 0) is 0 Å². The molecule has 2 fully saturated rings. The Morgan fingerprint density at radius 1 is 0.941 bits per heavy atom. The van der Waals surface area contributed by atoms with Crippen LogP contribution >= 0.6 is 0 Å². The van der Waals surface area contributed by atoms with E-state index in [9.17, 15) is 0 Å². The molecule has 0 heterocycles. The van der Waals surface area contributed by atoms with E-state index < -0.39 is 0 Å². The molecule has 0 spiro atoms. The minimum atomic E-state index is 0.781. The predicted octanol–water partition coefficient (Wildman–Crippen LogP) is 2.89. The minimum Gasteiger partial charge on any atom is -0.317 e. The van der Waals surface area contributed by atoms with Crippen molar-refractivity contribution >= 4 is 0 Å². The molecule has 0 bridgehead atoms. The van der Waals surface area contributed by atoms with E-state index >= 15 is 0 Å². The zero-order chi connectivity index (χ0) is 12.1. The van der Waals surface area contributed by atoms with Gasteiger partial charge in [-0.1, -0.05) is 25.7 Å². The summed E-state index contributed by atoms with van der Waals surface area (Å²) in [6, 6.07) is 0.781. The zero-order valence-corrected chi connectivity index (χ0v) is 11.8. The second-order valence-corrected chi connectivity index (χ2v) is 6.31. The highest BCUT2D eigenvalue weighted by atomic mass is 15.1. The lowest BCUT2D eigenvalue weighted by molar-refractivity contribution is 0.198. The maximum absolute atomic E-state index is 3.50. The van der Waals surface area contributed by atoms with Gasteiger partial charge in [0.25, 0.3) is 0 Å². The van der Waals surface area contributed by atoms with Crippen molar-refractivity contribution in [2.45, 2.75) is 57.4 Å². The first-order valence-electron chi connectivity index (χ1n) is 7.65. The summed E-state index contributed by atoms with van der Waals surface area (Å²) in [5.41, 5.74) is 0. The zero-order valence-electron chi connectivity index (χ0n) is 11.8. The fraction of sp³-hybridized carbons (Fsp3) is 1.00. The molecule has 17 heavy (non-hydrogen) atoms. The first-order chi connectivity index (χ1) is 8.29. The first-order valence-corrected chi connectivity index (χ1v) is 7.65. The van der Waals surface area contributed by atoms with Crippen molar-refractivity contribution in [2.75, 3.05) is 27.2 Å². The van der Waals surface area contributed by atoms with E-state index in [4.69, 9.17) is 0 Å². The largest absolute Gasteiger partial charge is 0.317 e. The molecule has 0 radical (unpaired) electrons. The quantitative estimate of drug-likeness (QED) is 0.792. The van der Waals surface area contributed by atoms with Gasteiger partial charge in [0.1, 0.15) is 0 Å². The normalized spacial score (nSPS) is 31.2. The Hall–Kier alpha value is -0.0800. The number of nitrogens with zero attached hydrogens (tertiary/aromatic N) is 1. The summed E-state index contributed by atoms with van der Waals surface area (Å²) in [7, 11) is 4.46. The average Bonchev–Trinajstić information content (AvgIpc) is 2.77. The molecular weight excluding hydrogens is 208 g/mol. The third kappa shape index (κ3) is 3.96. The van der Waals surface area contributed by atoms with Crippen molar-refractivity contribution in [2.24, 2.45) is 11.8 Å². The molecule has 2 aliphatic rings. The SMILES string of the molecule is CNC1CCCC1CN(C)CC1CCCCC1. The number of nitrogens with one attached hydrogen (secondary N) is 1. The average molecular weight is 238 g/mol. The Kier molecular flexibility index (Phi) is 5.30. The van der Waals surface area contributed by atoms with Crippen LogP contribution in [0.5, 0.6) is 0 Å². The molecular formula is C15H30N2. The molecule has 1 N–H and O–H groups in total. The van der Waals surface area contributed by atoms with Crippen LogP contribution in [-0.4, -0.2) is 38.1 Å². The van der Waals surface area contributed by atoms with E-state index in [0.717, 1.165) is 17.9 Å². The molecule has 2 aliphatic carbocycles. The monoisotopic (exact) mass is 238 g/mol. The van der Waals surface area contributed by atoms with Crippen molar-refractivity contribution in [1.82, 2.24) is 10.2 Å². The van der Waals surface area contributed by atoms with E-state index in [0.29, 0.717) is 0 Å². The van der Waals surface area contributed by atoms with Gasteiger partial charge in [-0.15, -0.1) is 0 Å². The highest BCUT2D eigenvalue weighted by molar-refractivity contribution is 4.84. The minimum absolute atomic E-state index is 0.781. The highest BCUT2D eigenvalue weighted by Gasteiger charge is 2.27. The summed E-state index contributed by atoms with van der Waals surface area (Å²) in [6.07, 6.45) is 11.6. The Bertz CT molecular complexity index is 211. The first kappa shape index (κ1) is 13.4. The standard InChI is InChI=1S/C15H30N2/c1-16-15-10-6-9-14(15)12-17(2)11-13-7-4-3-5-8-13/h13-16H,3-12H2,1-2H3. The molecule has 2 heteroatoms. The summed E-state index contributed by atoms with van der Waals surface area (Å²) in [5.74, 6) is 1.89. The summed E-state index contributed by atoms with van der Waals surface area (Å²) in [4.78, 5) is 2.61. The lowest BCUT2D eigenvalue weighted by atomic mass is 9.89. The van der Waals surface area contributed by atoms with Gasteiger partial charge >= 0.3 is 0 Å². The van der Waals surface area contributed by atoms with Crippen LogP contribution < -0.4 is 5.32 Å². The van der Waals surface area contributed by atoms with Gasteiger partial charge in [0.2, 0.25) is 0 Å². The van der Waals surface area contributed by atoms with Gasteiger partial charge in [0, 0.05) is 19.1 Å². The molecule has 2 saturated carbocycles. The van der Waals surface area contributed by atoms with Gasteiger partial charge in [-0.05, 0) is 51.6 Å². The Labute approximate surface area is 107 Å². The van der Waals surface area contributed by atoms with E-state index in [2.05, 4.69) is 24.3 Å². The van der Waals surface area contributed by atoms with Crippen molar-refractivity contribution in [3.05, 3.63) is 0 Å². The van der Waals surface area contributed by atoms with Crippen molar-refractivity contribution in [3.8, 4) is 0 Å². The van der Waals surface area contributed by atoms with Gasteiger partial charge < -0.3 is 10.2 Å². The molecule has 2 atom stereocenters. The van der Waals surface area contributed by atoms with Gasteiger partial charge in [0.15, 0.2) is 0 Å². The molecule has 0 amide bonds. The molecule has 2 unspecified atom stereocenters. The second kappa shape index (κ2) is 6.75. The fourth-order valence-corrected chi connectivity index (χ4v) is 3.92. The molecule has 2 nitrogen and oxygen atoms in total. The van der Waals surface area contributed by atoms with Crippen LogP contribution in [0.3, 0.4) is 0 Å². The topological polar surface area (TPSA) is 15.3 Å². The van der Waals surface area contributed by atoms with E-state index in [-0.39, 0.29) is 0 Å². The molecule has 0 aliphatic heterocycles. The number of hydrogen-bond donors (Lipinski definition) is 1. The van der Waals surface area contributed by atoms with E-state index in [1.54, 1.807) is 0 Å². The third-order valence-corrected chi connectivity index (χ3v) is 4.87. The fourth-order valence-electron chi connectivity index (χ4n) is 3.92. The van der Waals surface area contributed by atoms with Crippen LogP contribution in [0.2, 0.25) is 0 Å². The maximum atomic E-state index is 3.50. The maximum Gasteiger partial charge on any atom is 0.0104 e. The Morgan fingerprint density at radius 3 is 2.41 bits per heavy atom. The smallest absolute Gasteiger partial charge is 0.0104 e. The van der Waals surface area contributed by atoms with E-state index in [1.165, 1.54) is 64.5 Å². The Balaban J connectivity index is 1.70. The summed E-state index contributed by atoms with van der Waals surface area (Å²) in [6.45, 7) is 2.65.